The summed E-state index contributed by atoms with van der Waals surface area (Å²) in [7, 11) is 0. The average Bonchev–Trinajstić information content (AvgIpc) is 2.68. The molecule has 1 unspecified atom stereocenters. The highest BCUT2D eigenvalue weighted by molar-refractivity contribution is 5.25. The van der Waals surface area contributed by atoms with E-state index in [1.807, 2.05) is 6.92 Å². The second-order valence-corrected chi connectivity index (χ2v) is 3.41. The van der Waals surface area contributed by atoms with E-state index in [2.05, 4.69) is 16.0 Å². The maximum absolute atomic E-state index is 9.11. The molecule has 4 heteroatoms. The summed E-state index contributed by atoms with van der Waals surface area (Å²) in [4.78, 5) is 8.15. The minimum Gasteiger partial charge on any atom is -0.356 e. The first kappa shape index (κ1) is 9.10. The fourth-order valence-corrected chi connectivity index (χ4v) is 1.62. The van der Waals surface area contributed by atoms with E-state index in [0.29, 0.717) is 12.4 Å². The van der Waals surface area contributed by atoms with Crippen LogP contribution in [0.15, 0.2) is 12.4 Å². The van der Waals surface area contributed by atoms with Gasteiger partial charge in [-0.3, -0.25) is 0 Å². The Balaban J connectivity index is 2.37. The standard InChI is InChI=1S/C10H11N3O/c1-8-12-5-9(6-13-8)10(7-11)3-2-4-14-10/h5-6H,2-4H2,1H3. The Kier molecular flexibility index (Phi) is 2.18. The molecule has 1 aliphatic rings. The number of hydrogen-bond donors (Lipinski definition) is 0. The van der Waals surface area contributed by atoms with Gasteiger partial charge < -0.3 is 4.74 Å². The predicted octanol–water partition coefficient (Wildman–Crippen LogP) is 1.31. The summed E-state index contributed by atoms with van der Waals surface area (Å²) in [6.45, 7) is 2.46. The summed E-state index contributed by atoms with van der Waals surface area (Å²) in [5.74, 6) is 0.708. The van der Waals surface area contributed by atoms with Crippen LogP contribution in [-0.4, -0.2) is 16.6 Å². The van der Waals surface area contributed by atoms with Gasteiger partial charge in [-0.1, -0.05) is 0 Å². The fourth-order valence-electron chi connectivity index (χ4n) is 1.62. The lowest BCUT2D eigenvalue weighted by molar-refractivity contribution is 0.0489. The van der Waals surface area contributed by atoms with Crippen molar-refractivity contribution in [1.29, 1.82) is 5.26 Å². The van der Waals surface area contributed by atoms with Crippen molar-refractivity contribution in [2.24, 2.45) is 0 Å². The highest BCUT2D eigenvalue weighted by Crippen LogP contribution is 2.34. The van der Waals surface area contributed by atoms with Crippen molar-refractivity contribution in [1.82, 2.24) is 9.97 Å². The third-order valence-corrected chi connectivity index (χ3v) is 2.45. The molecule has 1 aromatic rings. The number of aryl methyl sites for hydroxylation is 1. The van der Waals surface area contributed by atoms with Gasteiger partial charge >= 0.3 is 0 Å². The molecule has 0 radical (unpaired) electrons. The van der Waals surface area contributed by atoms with E-state index in [-0.39, 0.29) is 0 Å². The minimum atomic E-state index is -0.798. The summed E-state index contributed by atoms with van der Waals surface area (Å²) in [6.07, 6.45) is 5.01. The molecular weight excluding hydrogens is 178 g/mol. The quantitative estimate of drug-likeness (QED) is 0.668. The molecule has 0 N–H and O–H groups in total. The first-order valence-corrected chi connectivity index (χ1v) is 4.61. The molecule has 1 aliphatic heterocycles. The van der Waals surface area contributed by atoms with Crippen molar-refractivity contribution in [3.63, 3.8) is 0 Å². The van der Waals surface area contributed by atoms with Crippen LogP contribution in [0.3, 0.4) is 0 Å². The Bertz CT molecular complexity index is 360. The number of aromatic nitrogens is 2. The van der Waals surface area contributed by atoms with E-state index in [1.54, 1.807) is 12.4 Å². The van der Waals surface area contributed by atoms with Gasteiger partial charge in [0.25, 0.3) is 0 Å². The lowest BCUT2D eigenvalue weighted by atomic mass is 9.95. The van der Waals surface area contributed by atoms with E-state index >= 15 is 0 Å². The van der Waals surface area contributed by atoms with Gasteiger partial charge in [0.1, 0.15) is 11.9 Å². The lowest BCUT2D eigenvalue weighted by Gasteiger charge is -2.19. The third kappa shape index (κ3) is 1.36. The number of ether oxygens (including phenoxy) is 1. The molecule has 2 rings (SSSR count). The smallest absolute Gasteiger partial charge is 0.182 e. The van der Waals surface area contributed by atoms with Crippen LogP contribution in [0.25, 0.3) is 0 Å². The molecule has 0 aromatic carbocycles. The van der Waals surface area contributed by atoms with Gasteiger partial charge in [-0.25, -0.2) is 9.97 Å². The van der Waals surface area contributed by atoms with Crippen molar-refractivity contribution in [3.05, 3.63) is 23.8 Å². The van der Waals surface area contributed by atoms with E-state index in [0.717, 1.165) is 18.4 Å². The highest BCUT2D eigenvalue weighted by Gasteiger charge is 2.37. The van der Waals surface area contributed by atoms with Crippen molar-refractivity contribution >= 4 is 0 Å². The monoisotopic (exact) mass is 189 g/mol. The maximum Gasteiger partial charge on any atom is 0.182 e. The minimum absolute atomic E-state index is 0.640. The third-order valence-electron chi connectivity index (χ3n) is 2.45. The van der Waals surface area contributed by atoms with Crippen molar-refractivity contribution < 1.29 is 4.74 Å². The van der Waals surface area contributed by atoms with Crippen molar-refractivity contribution in [2.75, 3.05) is 6.61 Å². The summed E-state index contributed by atoms with van der Waals surface area (Å²) in [5, 5.41) is 9.11. The number of nitrogens with zero attached hydrogens (tertiary/aromatic N) is 3. The molecule has 14 heavy (non-hydrogen) atoms. The molecule has 72 valence electrons. The maximum atomic E-state index is 9.11. The van der Waals surface area contributed by atoms with Crippen LogP contribution in [0.2, 0.25) is 0 Å². The first-order chi connectivity index (χ1) is 6.77. The summed E-state index contributed by atoms with van der Waals surface area (Å²) in [6, 6.07) is 2.21. The van der Waals surface area contributed by atoms with Gasteiger partial charge in [-0.05, 0) is 19.8 Å². The molecule has 0 amide bonds. The zero-order valence-corrected chi connectivity index (χ0v) is 8.03. The van der Waals surface area contributed by atoms with Crippen molar-refractivity contribution in [3.8, 4) is 6.07 Å². The summed E-state index contributed by atoms with van der Waals surface area (Å²) < 4.78 is 5.47. The van der Waals surface area contributed by atoms with Crippen LogP contribution >= 0.6 is 0 Å². The van der Waals surface area contributed by atoms with Crippen LogP contribution in [0.5, 0.6) is 0 Å². The number of hydrogen-bond acceptors (Lipinski definition) is 4. The Morgan fingerprint density at radius 2 is 2.21 bits per heavy atom. The van der Waals surface area contributed by atoms with Crippen LogP contribution in [-0.2, 0) is 10.3 Å². The molecule has 0 spiro atoms. The van der Waals surface area contributed by atoms with Gasteiger partial charge in [0.15, 0.2) is 5.60 Å². The van der Waals surface area contributed by atoms with Crippen molar-refractivity contribution in [2.45, 2.75) is 25.4 Å². The second kappa shape index (κ2) is 3.35. The van der Waals surface area contributed by atoms with Crippen LogP contribution in [0.4, 0.5) is 0 Å². The molecule has 1 saturated heterocycles. The van der Waals surface area contributed by atoms with Gasteiger partial charge in [-0.2, -0.15) is 5.26 Å². The molecule has 1 atom stereocenters. The van der Waals surface area contributed by atoms with Crippen LogP contribution in [0.1, 0.15) is 24.2 Å². The molecule has 2 heterocycles. The lowest BCUT2D eigenvalue weighted by Crippen LogP contribution is -2.22. The molecule has 0 saturated carbocycles. The Morgan fingerprint density at radius 3 is 2.71 bits per heavy atom. The van der Waals surface area contributed by atoms with Gasteiger partial charge in [-0.15, -0.1) is 0 Å². The van der Waals surface area contributed by atoms with E-state index in [4.69, 9.17) is 10.00 Å². The predicted molar refractivity (Wildman–Crippen MR) is 49.2 cm³/mol. The van der Waals surface area contributed by atoms with Gasteiger partial charge in [0.05, 0.1) is 0 Å². The zero-order chi connectivity index (χ0) is 10.0. The van der Waals surface area contributed by atoms with E-state index in [9.17, 15) is 0 Å². The molecule has 1 fully saturated rings. The van der Waals surface area contributed by atoms with Gasteiger partial charge in [0, 0.05) is 24.6 Å². The number of nitriles is 1. The topological polar surface area (TPSA) is 58.8 Å². The highest BCUT2D eigenvalue weighted by atomic mass is 16.5. The Hall–Kier alpha value is -1.47. The fraction of sp³-hybridized carbons (Fsp3) is 0.500. The molecule has 0 bridgehead atoms. The second-order valence-electron chi connectivity index (χ2n) is 3.41. The van der Waals surface area contributed by atoms with Crippen LogP contribution in [0, 0.1) is 18.3 Å². The SMILES string of the molecule is Cc1ncc(C2(C#N)CCCO2)cn1. The van der Waals surface area contributed by atoms with E-state index < -0.39 is 5.60 Å². The first-order valence-electron chi connectivity index (χ1n) is 4.61. The molecule has 0 aliphatic carbocycles. The summed E-state index contributed by atoms with van der Waals surface area (Å²) >= 11 is 0. The largest absolute Gasteiger partial charge is 0.356 e. The Labute approximate surface area is 82.6 Å². The average molecular weight is 189 g/mol. The zero-order valence-electron chi connectivity index (χ0n) is 8.03. The summed E-state index contributed by atoms with van der Waals surface area (Å²) in [5.41, 5.74) is -0.0312. The molecule has 1 aromatic heterocycles. The Morgan fingerprint density at radius 1 is 1.50 bits per heavy atom. The molecule has 4 nitrogen and oxygen atoms in total. The van der Waals surface area contributed by atoms with Gasteiger partial charge in [0.2, 0.25) is 0 Å². The normalized spacial score (nSPS) is 26.0. The molecular formula is C10H11N3O. The number of rotatable bonds is 1. The van der Waals surface area contributed by atoms with Crippen LogP contribution < -0.4 is 0 Å². The van der Waals surface area contributed by atoms with E-state index in [1.165, 1.54) is 0 Å².